The number of carbonyl (C=O) groups is 2. The van der Waals surface area contributed by atoms with Gasteiger partial charge in [0.2, 0.25) is 5.91 Å². The Bertz CT molecular complexity index is 502. The van der Waals surface area contributed by atoms with E-state index in [4.69, 9.17) is 5.11 Å². The van der Waals surface area contributed by atoms with Gasteiger partial charge in [-0.3, -0.25) is 9.59 Å². The molecule has 1 rings (SSSR count). The SMILES string of the molecule is CCCC(CNC(=O)CSc1cc(C)ccc1C)C(=O)O. The van der Waals surface area contributed by atoms with Gasteiger partial charge in [-0.15, -0.1) is 11.8 Å². The molecular weight excluding hydrogens is 286 g/mol. The normalized spacial score (nSPS) is 12.0. The topological polar surface area (TPSA) is 66.4 Å². The van der Waals surface area contributed by atoms with Crippen LogP contribution in [0.15, 0.2) is 23.1 Å². The third-order valence-electron chi connectivity index (χ3n) is 3.23. The number of carboxylic acids is 1. The summed E-state index contributed by atoms with van der Waals surface area (Å²) in [6.45, 7) is 6.18. The molecule has 0 saturated heterocycles. The minimum absolute atomic E-state index is 0.122. The molecule has 2 N–H and O–H groups in total. The number of hydrogen-bond donors (Lipinski definition) is 2. The molecule has 0 aliphatic heterocycles. The zero-order chi connectivity index (χ0) is 15.8. The van der Waals surface area contributed by atoms with E-state index in [0.29, 0.717) is 12.2 Å². The van der Waals surface area contributed by atoms with Gasteiger partial charge in [0, 0.05) is 11.4 Å². The van der Waals surface area contributed by atoms with Gasteiger partial charge in [0.1, 0.15) is 0 Å². The number of nitrogens with one attached hydrogen (secondary N) is 1. The Kier molecular flexibility index (Phi) is 7.29. The van der Waals surface area contributed by atoms with Crippen LogP contribution < -0.4 is 5.32 Å². The molecule has 21 heavy (non-hydrogen) atoms. The van der Waals surface area contributed by atoms with E-state index in [1.54, 1.807) is 0 Å². The highest BCUT2D eigenvalue weighted by Crippen LogP contribution is 2.23. The molecule has 0 saturated carbocycles. The molecule has 0 spiro atoms. The van der Waals surface area contributed by atoms with E-state index in [1.807, 2.05) is 32.9 Å². The minimum atomic E-state index is -0.848. The number of benzene rings is 1. The van der Waals surface area contributed by atoms with Gasteiger partial charge in [-0.1, -0.05) is 31.0 Å². The maximum absolute atomic E-state index is 11.8. The number of amides is 1. The summed E-state index contributed by atoms with van der Waals surface area (Å²) in [6, 6.07) is 6.14. The van der Waals surface area contributed by atoms with Crippen molar-refractivity contribution in [2.75, 3.05) is 12.3 Å². The molecular formula is C16H23NO3S. The quantitative estimate of drug-likeness (QED) is 0.724. The monoisotopic (exact) mass is 309 g/mol. The molecule has 0 aromatic heterocycles. The van der Waals surface area contributed by atoms with Gasteiger partial charge in [-0.25, -0.2) is 0 Å². The van der Waals surface area contributed by atoms with Crippen molar-refractivity contribution >= 4 is 23.6 Å². The Morgan fingerprint density at radius 2 is 2.05 bits per heavy atom. The number of aryl methyl sites for hydroxylation is 2. The van der Waals surface area contributed by atoms with Gasteiger partial charge in [0.05, 0.1) is 11.7 Å². The average molecular weight is 309 g/mol. The van der Waals surface area contributed by atoms with E-state index < -0.39 is 11.9 Å². The highest BCUT2D eigenvalue weighted by Gasteiger charge is 2.17. The predicted octanol–water partition coefficient (Wildman–Crippen LogP) is 3.01. The number of rotatable bonds is 8. The Morgan fingerprint density at radius 1 is 1.33 bits per heavy atom. The summed E-state index contributed by atoms with van der Waals surface area (Å²) < 4.78 is 0. The van der Waals surface area contributed by atoms with Crippen LogP contribution >= 0.6 is 11.8 Å². The first-order valence-electron chi connectivity index (χ1n) is 7.13. The van der Waals surface area contributed by atoms with Crippen molar-refractivity contribution in [2.24, 2.45) is 5.92 Å². The van der Waals surface area contributed by atoms with Crippen molar-refractivity contribution in [1.29, 1.82) is 0 Å². The number of hydrogen-bond acceptors (Lipinski definition) is 3. The summed E-state index contributed by atoms with van der Waals surface area (Å²) in [4.78, 5) is 23.9. The summed E-state index contributed by atoms with van der Waals surface area (Å²) in [6.07, 6.45) is 1.38. The van der Waals surface area contributed by atoms with E-state index in [-0.39, 0.29) is 12.5 Å². The standard InChI is InChI=1S/C16H23NO3S/c1-4-5-13(16(19)20)9-17-15(18)10-21-14-8-11(2)6-7-12(14)3/h6-8,13H,4-5,9-10H2,1-3H3,(H,17,18)(H,19,20). The number of carboxylic acid groups (broad SMARTS) is 1. The van der Waals surface area contributed by atoms with Crippen LogP contribution in [0.2, 0.25) is 0 Å². The van der Waals surface area contributed by atoms with Gasteiger partial charge in [0.15, 0.2) is 0 Å². The van der Waals surface area contributed by atoms with E-state index in [1.165, 1.54) is 11.8 Å². The Balaban J connectivity index is 2.43. The molecule has 1 atom stereocenters. The third-order valence-corrected chi connectivity index (χ3v) is 4.39. The second-order valence-corrected chi connectivity index (χ2v) is 6.20. The molecule has 1 aromatic rings. The van der Waals surface area contributed by atoms with Gasteiger partial charge < -0.3 is 10.4 Å². The highest BCUT2D eigenvalue weighted by molar-refractivity contribution is 8.00. The lowest BCUT2D eigenvalue weighted by Gasteiger charge is -2.12. The van der Waals surface area contributed by atoms with Crippen LogP contribution in [0.25, 0.3) is 0 Å². The second kappa shape index (κ2) is 8.72. The van der Waals surface area contributed by atoms with Crippen LogP contribution in [-0.4, -0.2) is 29.3 Å². The van der Waals surface area contributed by atoms with E-state index in [0.717, 1.165) is 22.4 Å². The lowest BCUT2D eigenvalue weighted by Crippen LogP contribution is -2.33. The molecule has 1 aromatic carbocycles. The van der Waals surface area contributed by atoms with Crippen LogP contribution in [0.3, 0.4) is 0 Å². The van der Waals surface area contributed by atoms with Crippen molar-refractivity contribution in [3.8, 4) is 0 Å². The molecule has 1 amide bonds. The summed E-state index contributed by atoms with van der Waals surface area (Å²) in [7, 11) is 0. The van der Waals surface area contributed by atoms with Crippen molar-refractivity contribution in [1.82, 2.24) is 5.32 Å². The molecule has 0 radical (unpaired) electrons. The molecule has 116 valence electrons. The predicted molar refractivity (Wildman–Crippen MR) is 85.7 cm³/mol. The summed E-state index contributed by atoms with van der Waals surface area (Å²) in [5.41, 5.74) is 2.31. The van der Waals surface area contributed by atoms with E-state index >= 15 is 0 Å². The van der Waals surface area contributed by atoms with Gasteiger partial charge in [0.25, 0.3) is 0 Å². The van der Waals surface area contributed by atoms with Gasteiger partial charge >= 0.3 is 5.97 Å². The fraction of sp³-hybridized carbons (Fsp3) is 0.500. The Labute approximate surface area is 130 Å². The lowest BCUT2D eigenvalue weighted by molar-refractivity contribution is -0.141. The summed E-state index contributed by atoms with van der Waals surface area (Å²) in [5, 5.41) is 11.7. The number of thioether (sulfide) groups is 1. The second-order valence-electron chi connectivity index (χ2n) is 5.19. The fourth-order valence-corrected chi connectivity index (χ4v) is 2.91. The molecule has 4 nitrogen and oxygen atoms in total. The number of aliphatic carboxylic acids is 1. The molecule has 0 aliphatic rings. The maximum atomic E-state index is 11.8. The molecule has 0 heterocycles. The Morgan fingerprint density at radius 3 is 2.67 bits per heavy atom. The smallest absolute Gasteiger partial charge is 0.308 e. The lowest BCUT2D eigenvalue weighted by atomic mass is 10.0. The number of carbonyl (C=O) groups excluding carboxylic acids is 1. The molecule has 0 bridgehead atoms. The molecule has 1 unspecified atom stereocenters. The van der Waals surface area contributed by atoms with Crippen LogP contribution in [0.5, 0.6) is 0 Å². The molecule has 5 heteroatoms. The first-order chi connectivity index (χ1) is 9.93. The fourth-order valence-electron chi connectivity index (χ4n) is 1.96. The van der Waals surface area contributed by atoms with Gasteiger partial charge in [-0.2, -0.15) is 0 Å². The zero-order valence-electron chi connectivity index (χ0n) is 12.8. The van der Waals surface area contributed by atoms with Crippen LogP contribution in [0.1, 0.15) is 30.9 Å². The van der Waals surface area contributed by atoms with Crippen LogP contribution in [0, 0.1) is 19.8 Å². The Hall–Kier alpha value is -1.49. The molecule has 0 fully saturated rings. The molecule has 0 aliphatic carbocycles. The van der Waals surface area contributed by atoms with Crippen molar-refractivity contribution in [3.63, 3.8) is 0 Å². The largest absolute Gasteiger partial charge is 0.481 e. The van der Waals surface area contributed by atoms with Crippen molar-refractivity contribution in [3.05, 3.63) is 29.3 Å². The minimum Gasteiger partial charge on any atom is -0.481 e. The van der Waals surface area contributed by atoms with Crippen LogP contribution in [-0.2, 0) is 9.59 Å². The first kappa shape index (κ1) is 17.6. The maximum Gasteiger partial charge on any atom is 0.308 e. The summed E-state index contributed by atoms with van der Waals surface area (Å²) in [5.74, 6) is -1.16. The first-order valence-corrected chi connectivity index (χ1v) is 8.12. The third kappa shape index (κ3) is 6.21. The van der Waals surface area contributed by atoms with Crippen molar-refractivity contribution in [2.45, 2.75) is 38.5 Å². The average Bonchev–Trinajstić information content (AvgIpc) is 2.44. The van der Waals surface area contributed by atoms with Crippen molar-refractivity contribution < 1.29 is 14.7 Å². The van der Waals surface area contributed by atoms with Gasteiger partial charge in [-0.05, 0) is 31.9 Å². The van der Waals surface area contributed by atoms with Crippen LogP contribution in [0.4, 0.5) is 0 Å². The van der Waals surface area contributed by atoms with E-state index in [2.05, 4.69) is 11.4 Å². The summed E-state index contributed by atoms with van der Waals surface area (Å²) >= 11 is 1.48. The highest BCUT2D eigenvalue weighted by atomic mass is 32.2. The van der Waals surface area contributed by atoms with E-state index in [9.17, 15) is 9.59 Å². The zero-order valence-corrected chi connectivity index (χ0v) is 13.6.